The summed E-state index contributed by atoms with van der Waals surface area (Å²) in [6.45, 7) is 3.51. The zero-order chi connectivity index (χ0) is 8.85. The van der Waals surface area contributed by atoms with Gasteiger partial charge in [0.15, 0.2) is 0 Å². The van der Waals surface area contributed by atoms with E-state index in [2.05, 4.69) is 6.58 Å². The number of nitrogens with two attached hydrogens (primary N) is 1. The molecule has 0 aliphatic rings. The fraction of sp³-hybridized carbons (Fsp3) is 0.375. The van der Waals surface area contributed by atoms with Gasteiger partial charge in [-0.25, -0.2) is 0 Å². The van der Waals surface area contributed by atoms with Crippen molar-refractivity contribution in [2.75, 3.05) is 14.1 Å². The number of carbonyl (C=O) groups excluding carboxylic acids is 1. The van der Waals surface area contributed by atoms with Crippen LogP contribution in [-0.4, -0.2) is 24.9 Å². The highest BCUT2D eigenvalue weighted by Crippen LogP contribution is 1.97. The van der Waals surface area contributed by atoms with Crippen molar-refractivity contribution < 1.29 is 4.79 Å². The van der Waals surface area contributed by atoms with Crippen molar-refractivity contribution in [1.82, 2.24) is 4.90 Å². The van der Waals surface area contributed by atoms with Crippen molar-refractivity contribution in [3.63, 3.8) is 0 Å². The summed E-state index contributed by atoms with van der Waals surface area (Å²) in [5, 5.41) is 0. The standard InChI is InChI=1S/C8H14N2O/c1-7(8(9)11)5-4-6-10(2)3/h4,6H,1,5H2,2-3H3,(H2,9,11). The zero-order valence-corrected chi connectivity index (χ0v) is 7.00. The minimum absolute atomic E-state index is 0.433. The maximum absolute atomic E-state index is 10.5. The van der Waals surface area contributed by atoms with Gasteiger partial charge in [0.2, 0.25) is 5.91 Å². The molecular weight excluding hydrogens is 140 g/mol. The van der Waals surface area contributed by atoms with E-state index in [4.69, 9.17) is 5.73 Å². The molecule has 0 atom stereocenters. The van der Waals surface area contributed by atoms with E-state index in [0.29, 0.717) is 12.0 Å². The van der Waals surface area contributed by atoms with Crippen LogP contribution in [0, 0.1) is 0 Å². The predicted octanol–water partition coefficient (Wildman–Crippen LogP) is 0.493. The second kappa shape index (κ2) is 4.55. The third kappa shape index (κ3) is 5.21. The van der Waals surface area contributed by atoms with Crippen molar-refractivity contribution in [3.8, 4) is 0 Å². The lowest BCUT2D eigenvalue weighted by Gasteiger charge is -2.02. The van der Waals surface area contributed by atoms with Gasteiger partial charge < -0.3 is 10.6 Å². The molecule has 62 valence electrons. The van der Waals surface area contributed by atoms with Crippen molar-refractivity contribution in [2.24, 2.45) is 5.73 Å². The Morgan fingerprint density at radius 2 is 2.18 bits per heavy atom. The van der Waals surface area contributed by atoms with E-state index in [1.807, 2.05) is 31.3 Å². The molecule has 0 aliphatic heterocycles. The summed E-state index contributed by atoms with van der Waals surface area (Å²) in [4.78, 5) is 12.3. The number of allylic oxidation sites excluding steroid dienone is 1. The quantitative estimate of drug-likeness (QED) is 0.599. The van der Waals surface area contributed by atoms with E-state index in [1.165, 1.54) is 0 Å². The lowest BCUT2D eigenvalue weighted by molar-refractivity contribution is -0.114. The summed E-state index contributed by atoms with van der Waals surface area (Å²) < 4.78 is 0. The van der Waals surface area contributed by atoms with E-state index < -0.39 is 5.91 Å². The smallest absolute Gasteiger partial charge is 0.244 e. The van der Waals surface area contributed by atoms with Crippen LogP contribution in [0.15, 0.2) is 24.4 Å². The van der Waals surface area contributed by atoms with Gasteiger partial charge in [0.05, 0.1) is 0 Å². The first kappa shape index (κ1) is 9.75. The first-order chi connectivity index (χ1) is 5.04. The fourth-order valence-electron chi connectivity index (χ4n) is 0.506. The van der Waals surface area contributed by atoms with Crippen LogP contribution in [0.4, 0.5) is 0 Å². The number of hydrogen-bond acceptors (Lipinski definition) is 2. The molecule has 3 nitrogen and oxygen atoms in total. The van der Waals surface area contributed by atoms with Crippen LogP contribution in [0.3, 0.4) is 0 Å². The van der Waals surface area contributed by atoms with E-state index in [9.17, 15) is 4.79 Å². The average molecular weight is 154 g/mol. The Labute approximate surface area is 67.2 Å². The molecule has 0 radical (unpaired) electrons. The number of rotatable bonds is 4. The van der Waals surface area contributed by atoms with Crippen molar-refractivity contribution in [1.29, 1.82) is 0 Å². The Morgan fingerprint density at radius 1 is 1.64 bits per heavy atom. The molecule has 0 saturated heterocycles. The van der Waals surface area contributed by atoms with Gasteiger partial charge in [-0.15, -0.1) is 0 Å². The Balaban J connectivity index is 3.71. The zero-order valence-electron chi connectivity index (χ0n) is 7.00. The number of primary amides is 1. The maximum Gasteiger partial charge on any atom is 0.244 e. The first-order valence-electron chi connectivity index (χ1n) is 3.34. The van der Waals surface area contributed by atoms with Gasteiger partial charge in [0.25, 0.3) is 0 Å². The summed E-state index contributed by atoms with van der Waals surface area (Å²) >= 11 is 0. The molecule has 0 fully saturated rings. The lowest BCUT2D eigenvalue weighted by Crippen LogP contribution is -2.12. The molecule has 0 rings (SSSR count). The maximum atomic E-state index is 10.5. The minimum Gasteiger partial charge on any atom is -0.384 e. The number of amides is 1. The molecule has 0 aromatic rings. The molecule has 0 bridgehead atoms. The molecule has 0 aliphatic carbocycles. The van der Waals surface area contributed by atoms with Gasteiger partial charge in [-0.2, -0.15) is 0 Å². The van der Waals surface area contributed by atoms with Crippen LogP contribution in [0.1, 0.15) is 6.42 Å². The molecule has 2 N–H and O–H groups in total. The minimum atomic E-state index is -0.437. The van der Waals surface area contributed by atoms with Crippen molar-refractivity contribution >= 4 is 5.91 Å². The van der Waals surface area contributed by atoms with Gasteiger partial charge in [-0.1, -0.05) is 12.7 Å². The highest BCUT2D eigenvalue weighted by Gasteiger charge is 1.96. The SMILES string of the molecule is C=C(CC=CN(C)C)C(N)=O. The van der Waals surface area contributed by atoms with Gasteiger partial charge >= 0.3 is 0 Å². The molecule has 0 saturated carbocycles. The number of nitrogens with zero attached hydrogens (tertiary/aromatic N) is 1. The second-order valence-electron chi connectivity index (χ2n) is 2.52. The summed E-state index contributed by atoms with van der Waals surface area (Å²) in [5.41, 5.74) is 5.40. The number of hydrogen-bond donors (Lipinski definition) is 1. The third-order valence-electron chi connectivity index (χ3n) is 1.12. The van der Waals surface area contributed by atoms with Gasteiger partial charge in [-0.3, -0.25) is 4.79 Å². The Bertz CT molecular complexity index is 183. The van der Waals surface area contributed by atoms with Crippen LogP contribution in [0.5, 0.6) is 0 Å². The molecule has 0 aromatic heterocycles. The highest BCUT2D eigenvalue weighted by molar-refractivity contribution is 5.91. The van der Waals surface area contributed by atoms with E-state index in [1.54, 1.807) is 0 Å². The predicted molar refractivity (Wildman–Crippen MR) is 45.8 cm³/mol. The molecule has 0 aromatic carbocycles. The van der Waals surface area contributed by atoms with E-state index in [0.717, 1.165) is 0 Å². The molecule has 11 heavy (non-hydrogen) atoms. The monoisotopic (exact) mass is 154 g/mol. The molecule has 0 heterocycles. The Morgan fingerprint density at radius 3 is 2.55 bits per heavy atom. The van der Waals surface area contributed by atoms with Gasteiger partial charge in [0, 0.05) is 19.7 Å². The van der Waals surface area contributed by atoms with Crippen LogP contribution >= 0.6 is 0 Å². The van der Waals surface area contributed by atoms with Gasteiger partial charge in [-0.05, 0) is 12.6 Å². The van der Waals surface area contributed by atoms with Crippen LogP contribution in [0.25, 0.3) is 0 Å². The van der Waals surface area contributed by atoms with Crippen LogP contribution in [-0.2, 0) is 4.79 Å². The summed E-state index contributed by atoms with van der Waals surface area (Å²) in [6.07, 6.45) is 4.22. The molecule has 1 amide bonds. The Hall–Kier alpha value is -1.25. The van der Waals surface area contributed by atoms with E-state index >= 15 is 0 Å². The van der Waals surface area contributed by atoms with Crippen LogP contribution in [0.2, 0.25) is 0 Å². The molecule has 0 unspecified atom stereocenters. The normalized spacial score (nSPS) is 10.0. The topological polar surface area (TPSA) is 46.3 Å². The Kier molecular flexibility index (Phi) is 4.03. The highest BCUT2D eigenvalue weighted by atomic mass is 16.1. The molecule has 3 heteroatoms. The third-order valence-corrected chi connectivity index (χ3v) is 1.12. The summed E-state index contributed by atoms with van der Waals surface area (Å²) in [5.74, 6) is -0.437. The molecular formula is C8H14N2O. The largest absolute Gasteiger partial charge is 0.384 e. The van der Waals surface area contributed by atoms with Crippen molar-refractivity contribution in [3.05, 3.63) is 24.4 Å². The average Bonchev–Trinajstić information content (AvgIpc) is 1.86. The van der Waals surface area contributed by atoms with Crippen molar-refractivity contribution in [2.45, 2.75) is 6.42 Å². The fourth-order valence-corrected chi connectivity index (χ4v) is 0.506. The molecule has 0 spiro atoms. The van der Waals surface area contributed by atoms with E-state index in [-0.39, 0.29) is 0 Å². The van der Waals surface area contributed by atoms with Crippen LogP contribution < -0.4 is 5.73 Å². The first-order valence-corrected chi connectivity index (χ1v) is 3.34. The number of carbonyl (C=O) groups is 1. The van der Waals surface area contributed by atoms with Gasteiger partial charge in [0.1, 0.15) is 0 Å². The summed E-state index contributed by atoms with van der Waals surface area (Å²) in [6, 6.07) is 0. The summed E-state index contributed by atoms with van der Waals surface area (Å²) in [7, 11) is 3.81. The lowest BCUT2D eigenvalue weighted by atomic mass is 10.2. The second-order valence-corrected chi connectivity index (χ2v) is 2.52.